The molecule has 1 atom stereocenters. The molecule has 2 aromatic carbocycles. The molecule has 106 valence electrons. The highest BCUT2D eigenvalue weighted by Gasteiger charge is 2.18. The number of hydrogen-bond donors (Lipinski definition) is 1. The highest BCUT2D eigenvalue weighted by Crippen LogP contribution is 2.30. The van der Waals surface area contributed by atoms with Crippen LogP contribution in [0.5, 0.6) is 0 Å². The van der Waals surface area contributed by atoms with Gasteiger partial charge in [0.1, 0.15) is 0 Å². The molecule has 0 fully saturated rings. The first-order valence-electron chi connectivity index (χ1n) is 7.41. The number of rotatable bonds is 4. The fourth-order valence-electron chi connectivity index (χ4n) is 3.13. The monoisotopic (exact) mass is 267 g/mol. The van der Waals surface area contributed by atoms with Gasteiger partial charge in [0.25, 0.3) is 0 Å². The van der Waals surface area contributed by atoms with Crippen LogP contribution in [0.3, 0.4) is 0 Å². The Morgan fingerprint density at radius 2 is 1.50 bits per heavy atom. The van der Waals surface area contributed by atoms with E-state index in [9.17, 15) is 0 Å². The first-order valence-corrected chi connectivity index (χ1v) is 7.41. The summed E-state index contributed by atoms with van der Waals surface area (Å²) in [5.74, 6) is 0. The number of nitrogens with one attached hydrogen (secondary N) is 1. The van der Waals surface area contributed by atoms with Crippen LogP contribution in [0.15, 0.2) is 36.4 Å². The summed E-state index contributed by atoms with van der Waals surface area (Å²) in [6, 6.07) is 13.5. The van der Waals surface area contributed by atoms with Gasteiger partial charge in [0.15, 0.2) is 0 Å². The van der Waals surface area contributed by atoms with Crippen molar-refractivity contribution < 1.29 is 0 Å². The van der Waals surface area contributed by atoms with Crippen molar-refractivity contribution in [2.24, 2.45) is 0 Å². The normalized spacial score (nSPS) is 12.4. The summed E-state index contributed by atoms with van der Waals surface area (Å²) >= 11 is 0. The maximum atomic E-state index is 3.66. The van der Waals surface area contributed by atoms with Crippen molar-refractivity contribution in [3.63, 3.8) is 0 Å². The minimum absolute atomic E-state index is 0.279. The third kappa shape index (κ3) is 2.94. The minimum atomic E-state index is 0.279. The second-order valence-corrected chi connectivity index (χ2v) is 5.66. The molecule has 1 N–H and O–H groups in total. The topological polar surface area (TPSA) is 12.0 Å². The molecule has 0 heterocycles. The van der Waals surface area contributed by atoms with Gasteiger partial charge in [0, 0.05) is 0 Å². The second-order valence-electron chi connectivity index (χ2n) is 5.66. The molecule has 0 aliphatic carbocycles. The maximum absolute atomic E-state index is 3.66. The SMILES string of the molecule is CCNC(c1ccccc1C)c1c(C)cc(C)cc1C. The summed E-state index contributed by atoms with van der Waals surface area (Å²) in [5.41, 5.74) is 8.23. The molecule has 0 saturated carbocycles. The average Bonchev–Trinajstić information content (AvgIpc) is 2.37. The lowest BCUT2D eigenvalue weighted by Crippen LogP contribution is -2.24. The summed E-state index contributed by atoms with van der Waals surface area (Å²) in [6.07, 6.45) is 0. The van der Waals surface area contributed by atoms with Gasteiger partial charge in [-0.15, -0.1) is 0 Å². The first kappa shape index (κ1) is 14.8. The van der Waals surface area contributed by atoms with Crippen LogP contribution in [0.4, 0.5) is 0 Å². The lowest BCUT2D eigenvalue weighted by atomic mass is 9.88. The lowest BCUT2D eigenvalue weighted by molar-refractivity contribution is 0.621. The molecule has 0 aromatic heterocycles. The molecular weight excluding hydrogens is 242 g/mol. The molecule has 1 unspecified atom stereocenters. The van der Waals surface area contributed by atoms with E-state index in [0.717, 1.165) is 6.54 Å². The van der Waals surface area contributed by atoms with E-state index in [4.69, 9.17) is 0 Å². The zero-order valence-electron chi connectivity index (χ0n) is 13.2. The van der Waals surface area contributed by atoms with Crippen LogP contribution < -0.4 is 5.32 Å². The highest BCUT2D eigenvalue weighted by molar-refractivity contribution is 5.45. The Balaban J connectivity index is 2.58. The van der Waals surface area contributed by atoms with E-state index in [0.29, 0.717) is 0 Å². The third-order valence-corrected chi connectivity index (χ3v) is 3.93. The Bertz CT molecular complexity index is 575. The smallest absolute Gasteiger partial charge is 0.0584 e. The predicted molar refractivity (Wildman–Crippen MR) is 87.4 cm³/mol. The summed E-state index contributed by atoms with van der Waals surface area (Å²) < 4.78 is 0. The molecule has 0 radical (unpaired) electrons. The lowest BCUT2D eigenvalue weighted by Gasteiger charge is -2.25. The molecule has 0 spiro atoms. The summed E-state index contributed by atoms with van der Waals surface area (Å²) in [6.45, 7) is 11.9. The number of aryl methyl sites for hydroxylation is 4. The van der Waals surface area contributed by atoms with Gasteiger partial charge in [-0.25, -0.2) is 0 Å². The van der Waals surface area contributed by atoms with Gasteiger partial charge in [-0.3, -0.25) is 0 Å². The zero-order valence-corrected chi connectivity index (χ0v) is 13.2. The summed E-state index contributed by atoms with van der Waals surface area (Å²) in [7, 11) is 0. The molecule has 2 rings (SSSR count). The van der Waals surface area contributed by atoms with Crippen LogP contribution in [0.1, 0.15) is 46.3 Å². The van der Waals surface area contributed by atoms with Gasteiger partial charge >= 0.3 is 0 Å². The van der Waals surface area contributed by atoms with E-state index in [1.807, 2.05) is 0 Å². The van der Waals surface area contributed by atoms with Gasteiger partial charge in [-0.1, -0.05) is 48.9 Å². The Morgan fingerprint density at radius 3 is 2.05 bits per heavy atom. The molecule has 0 aliphatic rings. The Hall–Kier alpha value is -1.60. The molecule has 2 aromatic rings. The van der Waals surface area contributed by atoms with Crippen molar-refractivity contribution in [2.75, 3.05) is 6.54 Å². The molecule has 0 saturated heterocycles. The number of benzene rings is 2. The Kier molecular flexibility index (Phi) is 4.61. The fraction of sp³-hybridized carbons (Fsp3) is 0.368. The van der Waals surface area contributed by atoms with Crippen molar-refractivity contribution in [3.8, 4) is 0 Å². The number of hydrogen-bond acceptors (Lipinski definition) is 1. The standard InChI is InChI=1S/C19H25N/c1-6-20-19(17-10-8-7-9-14(17)3)18-15(4)11-13(2)12-16(18)5/h7-12,19-20H,6H2,1-5H3. The van der Waals surface area contributed by atoms with E-state index in [1.54, 1.807) is 0 Å². The molecular formula is C19H25N. The van der Waals surface area contributed by atoms with E-state index in [-0.39, 0.29) is 6.04 Å². The highest BCUT2D eigenvalue weighted by atomic mass is 14.9. The summed E-state index contributed by atoms with van der Waals surface area (Å²) in [5, 5.41) is 3.66. The van der Waals surface area contributed by atoms with Crippen LogP contribution >= 0.6 is 0 Å². The fourth-order valence-corrected chi connectivity index (χ4v) is 3.13. The molecule has 20 heavy (non-hydrogen) atoms. The van der Waals surface area contributed by atoms with Crippen LogP contribution in [0, 0.1) is 27.7 Å². The maximum Gasteiger partial charge on any atom is 0.0584 e. The van der Waals surface area contributed by atoms with Crippen molar-refractivity contribution in [1.82, 2.24) is 5.32 Å². The van der Waals surface area contributed by atoms with Gasteiger partial charge in [0.2, 0.25) is 0 Å². The first-order chi connectivity index (χ1) is 9.54. The molecule has 1 nitrogen and oxygen atoms in total. The Morgan fingerprint density at radius 1 is 0.900 bits per heavy atom. The molecule has 0 amide bonds. The summed E-state index contributed by atoms with van der Waals surface area (Å²) in [4.78, 5) is 0. The third-order valence-electron chi connectivity index (χ3n) is 3.93. The van der Waals surface area contributed by atoms with Gasteiger partial charge in [-0.2, -0.15) is 0 Å². The average molecular weight is 267 g/mol. The van der Waals surface area contributed by atoms with Crippen molar-refractivity contribution >= 4 is 0 Å². The second kappa shape index (κ2) is 6.23. The molecule has 0 aliphatic heterocycles. The zero-order chi connectivity index (χ0) is 14.7. The van der Waals surface area contributed by atoms with E-state index in [1.165, 1.54) is 33.4 Å². The van der Waals surface area contributed by atoms with Crippen molar-refractivity contribution in [3.05, 3.63) is 69.8 Å². The van der Waals surface area contributed by atoms with E-state index in [2.05, 4.69) is 76.3 Å². The van der Waals surface area contributed by atoms with Crippen molar-refractivity contribution in [2.45, 2.75) is 40.7 Å². The van der Waals surface area contributed by atoms with Crippen LogP contribution in [-0.2, 0) is 0 Å². The van der Waals surface area contributed by atoms with Crippen LogP contribution in [-0.4, -0.2) is 6.54 Å². The van der Waals surface area contributed by atoms with E-state index < -0.39 is 0 Å². The largest absolute Gasteiger partial charge is 0.307 e. The van der Waals surface area contributed by atoms with E-state index >= 15 is 0 Å². The molecule has 1 heteroatoms. The van der Waals surface area contributed by atoms with Gasteiger partial charge in [0.05, 0.1) is 6.04 Å². The minimum Gasteiger partial charge on any atom is -0.307 e. The van der Waals surface area contributed by atoms with Crippen LogP contribution in [0.25, 0.3) is 0 Å². The van der Waals surface area contributed by atoms with Gasteiger partial charge < -0.3 is 5.32 Å². The van der Waals surface area contributed by atoms with Crippen LogP contribution in [0.2, 0.25) is 0 Å². The van der Waals surface area contributed by atoms with Crippen molar-refractivity contribution in [1.29, 1.82) is 0 Å². The quantitative estimate of drug-likeness (QED) is 0.852. The Labute approximate surface area is 123 Å². The van der Waals surface area contributed by atoms with Gasteiger partial charge in [-0.05, 0) is 62.1 Å². The molecule has 0 bridgehead atoms. The predicted octanol–water partition coefficient (Wildman–Crippen LogP) is 4.62.